The first-order chi connectivity index (χ1) is 3.93. The molecule has 1 rings (SSSR count). The van der Waals surface area contributed by atoms with Crippen LogP contribution in [0.2, 0.25) is 0 Å². The third kappa shape index (κ3) is 1.38. The van der Waals surface area contributed by atoms with E-state index >= 15 is 0 Å². The molecule has 42 valence electrons. The topological polar surface area (TPSA) is 0 Å². The largest absolute Gasteiger partial charge is 0.0729 e. The van der Waals surface area contributed by atoms with Crippen molar-refractivity contribution in [1.82, 2.24) is 0 Å². The van der Waals surface area contributed by atoms with Gasteiger partial charge in [-0.25, -0.2) is 0 Å². The first-order valence-electron chi connectivity index (χ1n) is 2.74. The quantitative estimate of drug-likeness (QED) is 0.491. The van der Waals surface area contributed by atoms with Gasteiger partial charge in [0.25, 0.3) is 0 Å². The van der Waals surface area contributed by atoms with E-state index in [0.717, 1.165) is 0 Å². The van der Waals surface area contributed by atoms with E-state index < -0.39 is 0 Å². The van der Waals surface area contributed by atoms with Gasteiger partial charge in [-0.15, -0.1) is 0 Å². The van der Waals surface area contributed by atoms with Gasteiger partial charge in [-0.3, -0.25) is 0 Å². The third-order valence-electron chi connectivity index (χ3n) is 1.25. The minimum atomic E-state index is 1.18. The van der Waals surface area contributed by atoms with Crippen LogP contribution in [-0.4, -0.2) is 0 Å². The Bertz CT molecular complexity index is 157. The van der Waals surface area contributed by atoms with Crippen LogP contribution in [0.15, 0.2) is 11.6 Å². The highest BCUT2D eigenvalue weighted by atomic mass is 79.9. The molecule has 0 bridgehead atoms. The molecule has 0 aliphatic heterocycles. The van der Waals surface area contributed by atoms with Crippen LogP contribution in [0.25, 0.3) is 0 Å². The van der Waals surface area contributed by atoms with Gasteiger partial charge in [-0.2, -0.15) is 0 Å². The predicted octanol–water partition coefficient (Wildman–Crippen LogP) is 2.45. The summed E-state index contributed by atoms with van der Waals surface area (Å²) in [7, 11) is 0. The van der Waals surface area contributed by atoms with Gasteiger partial charge in [0.15, 0.2) is 0 Å². The molecule has 1 heteroatoms. The van der Waals surface area contributed by atoms with Gasteiger partial charge >= 0.3 is 0 Å². The highest BCUT2D eigenvalue weighted by Gasteiger charge is 1.98. The lowest BCUT2D eigenvalue weighted by Crippen LogP contribution is -1.65. The van der Waals surface area contributed by atoms with Crippen LogP contribution in [0.1, 0.15) is 19.3 Å². The minimum absolute atomic E-state index is 1.18. The van der Waals surface area contributed by atoms with Gasteiger partial charge in [0.1, 0.15) is 0 Å². The fraction of sp³-hybridized carbons (Fsp3) is 0.429. The van der Waals surface area contributed by atoms with Crippen molar-refractivity contribution in [3.63, 3.8) is 0 Å². The van der Waals surface area contributed by atoms with Gasteiger partial charge in [-0.1, -0.05) is 12.0 Å². The molecule has 1 aliphatic carbocycles. The Morgan fingerprint density at radius 3 is 3.00 bits per heavy atom. The van der Waals surface area contributed by atoms with E-state index in [1.165, 1.54) is 24.8 Å². The van der Waals surface area contributed by atoms with Crippen molar-refractivity contribution in [2.45, 2.75) is 19.3 Å². The summed E-state index contributed by atoms with van der Waals surface area (Å²) < 4.78 is 0. The molecule has 0 aromatic carbocycles. The maximum Gasteiger partial charge on any atom is 0.0110 e. The van der Waals surface area contributed by atoms with Crippen molar-refractivity contribution in [3.05, 3.63) is 11.6 Å². The van der Waals surface area contributed by atoms with E-state index in [0.29, 0.717) is 0 Å². The fourth-order valence-corrected chi connectivity index (χ4v) is 1.10. The summed E-state index contributed by atoms with van der Waals surface area (Å²) in [6.07, 6.45) is 5.89. The molecule has 1 aliphatic rings. The van der Waals surface area contributed by atoms with Gasteiger partial charge in [0, 0.05) is 15.9 Å². The second kappa shape index (κ2) is 2.94. The maximum absolute atomic E-state index is 3.06. The molecular weight excluding hydrogens is 164 g/mol. The number of hydrogen-bond acceptors (Lipinski definition) is 0. The Morgan fingerprint density at radius 2 is 2.50 bits per heavy atom. The fourth-order valence-electron chi connectivity index (χ4n) is 0.845. The van der Waals surface area contributed by atoms with Gasteiger partial charge < -0.3 is 0 Å². The zero-order valence-corrected chi connectivity index (χ0v) is 6.16. The highest BCUT2D eigenvalue weighted by molar-refractivity contribution is 9.12. The number of rotatable bonds is 0. The van der Waals surface area contributed by atoms with Crippen molar-refractivity contribution in [3.8, 4) is 10.8 Å². The summed E-state index contributed by atoms with van der Waals surface area (Å²) in [6.45, 7) is 0. The van der Waals surface area contributed by atoms with E-state index in [1.807, 2.05) is 0 Å². The third-order valence-corrected chi connectivity index (χ3v) is 1.45. The SMILES string of the molecule is BrC#CC1=CCCC1. The minimum Gasteiger partial charge on any atom is -0.0729 e. The molecule has 0 amide bonds. The van der Waals surface area contributed by atoms with E-state index in [1.54, 1.807) is 0 Å². The predicted molar refractivity (Wildman–Crippen MR) is 38.6 cm³/mol. The first kappa shape index (κ1) is 5.91. The Kier molecular flexibility index (Phi) is 2.17. The molecule has 0 N–H and O–H groups in total. The normalized spacial score (nSPS) is 16.9. The summed E-state index contributed by atoms with van der Waals surface area (Å²) in [4.78, 5) is 2.70. The molecule has 0 heterocycles. The van der Waals surface area contributed by atoms with E-state index in [9.17, 15) is 0 Å². The average molecular weight is 171 g/mol. The maximum atomic E-state index is 3.06. The molecule has 0 saturated carbocycles. The molecule has 0 radical (unpaired) electrons. The lowest BCUT2D eigenvalue weighted by atomic mass is 10.2. The molecule has 0 fully saturated rings. The highest BCUT2D eigenvalue weighted by Crippen LogP contribution is 2.15. The molecule has 0 nitrogen and oxygen atoms in total. The Morgan fingerprint density at radius 1 is 1.62 bits per heavy atom. The Hall–Kier alpha value is -0.220. The van der Waals surface area contributed by atoms with Crippen LogP contribution in [0.3, 0.4) is 0 Å². The second-order valence-corrected chi connectivity index (χ2v) is 2.24. The molecule has 0 unspecified atom stereocenters. The monoisotopic (exact) mass is 170 g/mol. The van der Waals surface area contributed by atoms with Crippen LogP contribution in [-0.2, 0) is 0 Å². The van der Waals surface area contributed by atoms with Crippen LogP contribution in [0, 0.1) is 10.8 Å². The van der Waals surface area contributed by atoms with Crippen molar-refractivity contribution in [2.24, 2.45) is 0 Å². The van der Waals surface area contributed by atoms with Gasteiger partial charge in [-0.05, 0) is 29.7 Å². The lowest BCUT2D eigenvalue weighted by molar-refractivity contribution is 0.919. The van der Waals surface area contributed by atoms with Gasteiger partial charge in [0.2, 0.25) is 0 Å². The zero-order valence-electron chi connectivity index (χ0n) is 4.58. The van der Waals surface area contributed by atoms with E-state index in [-0.39, 0.29) is 0 Å². The summed E-state index contributed by atoms with van der Waals surface area (Å²) >= 11 is 3.06. The molecule has 0 aromatic rings. The Labute approximate surface area is 58.1 Å². The number of hydrogen-bond donors (Lipinski definition) is 0. The standard InChI is InChI=1S/C7H7Br/c8-6-5-7-3-1-2-4-7/h3H,1-2,4H2. The molecule has 0 aromatic heterocycles. The summed E-state index contributed by atoms with van der Waals surface area (Å²) in [5, 5.41) is 0. The van der Waals surface area contributed by atoms with Gasteiger partial charge in [0.05, 0.1) is 0 Å². The van der Waals surface area contributed by atoms with Crippen molar-refractivity contribution < 1.29 is 0 Å². The molecule has 0 atom stereocenters. The lowest BCUT2D eigenvalue weighted by Gasteiger charge is -1.80. The van der Waals surface area contributed by atoms with Crippen molar-refractivity contribution in [2.75, 3.05) is 0 Å². The Balaban J connectivity index is 2.53. The van der Waals surface area contributed by atoms with Crippen LogP contribution in [0.5, 0.6) is 0 Å². The van der Waals surface area contributed by atoms with Crippen LogP contribution in [0.4, 0.5) is 0 Å². The molecular formula is C7H7Br. The zero-order chi connectivity index (χ0) is 5.82. The first-order valence-corrected chi connectivity index (χ1v) is 3.53. The summed E-state index contributed by atoms with van der Waals surface area (Å²) in [5.74, 6) is 2.97. The van der Waals surface area contributed by atoms with E-state index in [4.69, 9.17) is 0 Å². The van der Waals surface area contributed by atoms with Crippen LogP contribution >= 0.6 is 15.9 Å². The molecule has 8 heavy (non-hydrogen) atoms. The smallest absolute Gasteiger partial charge is 0.0110 e. The summed E-state index contributed by atoms with van der Waals surface area (Å²) in [6, 6.07) is 0. The van der Waals surface area contributed by atoms with E-state index in [2.05, 4.69) is 32.8 Å². The van der Waals surface area contributed by atoms with Crippen molar-refractivity contribution in [1.29, 1.82) is 0 Å². The number of halogens is 1. The second-order valence-electron chi connectivity index (χ2n) is 1.84. The summed E-state index contributed by atoms with van der Waals surface area (Å²) in [5.41, 5.74) is 1.29. The average Bonchev–Trinajstić information content (AvgIpc) is 2.19. The number of allylic oxidation sites excluding steroid dienone is 2. The molecule has 0 spiro atoms. The molecule has 0 saturated heterocycles. The van der Waals surface area contributed by atoms with Crippen LogP contribution < -0.4 is 0 Å². The van der Waals surface area contributed by atoms with Crippen molar-refractivity contribution >= 4 is 15.9 Å².